The average Bonchev–Trinajstić information content (AvgIpc) is 3.31. The lowest BCUT2D eigenvalue weighted by molar-refractivity contribution is 0.0994. The van der Waals surface area contributed by atoms with Gasteiger partial charge in [0.1, 0.15) is 0 Å². The maximum absolute atomic E-state index is 12.0. The Kier molecular flexibility index (Phi) is 6.07. The van der Waals surface area contributed by atoms with Crippen LogP contribution in [-0.2, 0) is 17.2 Å². The van der Waals surface area contributed by atoms with Gasteiger partial charge < -0.3 is 5.73 Å². The van der Waals surface area contributed by atoms with Crippen LogP contribution in [0.1, 0.15) is 42.7 Å². The topological polar surface area (TPSA) is 117 Å². The molecule has 2 N–H and O–H groups in total. The van der Waals surface area contributed by atoms with Gasteiger partial charge in [0.05, 0.1) is 22.2 Å². The van der Waals surface area contributed by atoms with Gasteiger partial charge in [-0.15, -0.1) is 10.2 Å². The van der Waals surface area contributed by atoms with Crippen LogP contribution in [0, 0.1) is 0 Å². The molecular weight excluding hydrogens is 384 g/mol. The Labute approximate surface area is 163 Å². The Hall–Kier alpha value is -2.46. The summed E-state index contributed by atoms with van der Waals surface area (Å²) < 4.78 is 14.0. The van der Waals surface area contributed by atoms with Crippen LogP contribution in [0.4, 0.5) is 0 Å². The molecule has 0 saturated carbocycles. The third-order valence-corrected chi connectivity index (χ3v) is 6.44. The van der Waals surface area contributed by atoms with Gasteiger partial charge in [-0.25, -0.2) is 4.68 Å². The van der Waals surface area contributed by atoms with Crippen molar-refractivity contribution in [2.24, 2.45) is 5.73 Å². The fraction of sp³-hybridized carbons (Fsp3) is 0.353. The first-order valence-electron chi connectivity index (χ1n) is 8.62. The molecule has 3 aromatic heterocycles. The minimum absolute atomic E-state index is 0.206. The van der Waals surface area contributed by atoms with Gasteiger partial charge in [-0.1, -0.05) is 37.7 Å². The van der Waals surface area contributed by atoms with Gasteiger partial charge in [0, 0.05) is 17.5 Å². The van der Waals surface area contributed by atoms with Crippen molar-refractivity contribution in [3.63, 3.8) is 0 Å². The van der Waals surface area contributed by atoms with Gasteiger partial charge in [0.2, 0.25) is 9.47 Å². The van der Waals surface area contributed by atoms with E-state index in [0.29, 0.717) is 33.0 Å². The van der Waals surface area contributed by atoms with E-state index in [9.17, 15) is 9.00 Å². The summed E-state index contributed by atoms with van der Waals surface area (Å²) in [7, 11) is -1.21. The predicted octanol–water partition coefficient (Wildman–Crippen LogP) is 2.35. The number of pyridine rings is 1. The van der Waals surface area contributed by atoms with E-state index < -0.39 is 16.7 Å². The molecule has 0 bridgehead atoms. The molecular formula is C17H20N6O2S2. The van der Waals surface area contributed by atoms with Crippen molar-refractivity contribution in [1.29, 1.82) is 0 Å². The summed E-state index contributed by atoms with van der Waals surface area (Å²) in [6.07, 6.45) is 4.17. The second-order valence-electron chi connectivity index (χ2n) is 5.76. The van der Waals surface area contributed by atoms with E-state index in [1.54, 1.807) is 10.9 Å². The zero-order valence-corrected chi connectivity index (χ0v) is 16.7. The molecule has 1 unspecified atom stereocenters. The first-order valence-corrected chi connectivity index (χ1v) is 10.8. The molecule has 3 rings (SSSR count). The minimum atomic E-state index is -1.21. The van der Waals surface area contributed by atoms with Crippen molar-refractivity contribution in [2.45, 2.75) is 37.4 Å². The van der Waals surface area contributed by atoms with Crippen LogP contribution in [0.25, 0.3) is 16.5 Å². The number of aromatic nitrogens is 5. The largest absolute Gasteiger partial charge is 0.364 e. The monoisotopic (exact) mass is 404 g/mol. The number of nitrogens with two attached hydrogens (primary N) is 1. The van der Waals surface area contributed by atoms with Gasteiger partial charge >= 0.3 is 0 Å². The van der Waals surface area contributed by atoms with Crippen LogP contribution in [-0.4, -0.2) is 40.8 Å². The fourth-order valence-electron chi connectivity index (χ4n) is 2.65. The fourth-order valence-corrected chi connectivity index (χ4v) is 4.51. The summed E-state index contributed by atoms with van der Waals surface area (Å²) in [5, 5.41) is 13.0. The maximum atomic E-state index is 12.0. The zero-order valence-electron chi connectivity index (χ0n) is 15.1. The Morgan fingerprint density at radius 1 is 1.30 bits per heavy atom. The second kappa shape index (κ2) is 8.49. The Morgan fingerprint density at radius 2 is 2.11 bits per heavy atom. The van der Waals surface area contributed by atoms with Crippen LogP contribution in [0.5, 0.6) is 0 Å². The van der Waals surface area contributed by atoms with Crippen LogP contribution in [0.2, 0.25) is 0 Å². The highest BCUT2D eigenvalue weighted by Crippen LogP contribution is 2.30. The molecule has 0 aliphatic rings. The number of rotatable bonds is 8. The Morgan fingerprint density at radius 3 is 2.74 bits per heavy atom. The predicted molar refractivity (Wildman–Crippen MR) is 104 cm³/mol. The van der Waals surface area contributed by atoms with Crippen LogP contribution >= 0.6 is 11.3 Å². The van der Waals surface area contributed by atoms with Crippen molar-refractivity contribution in [2.75, 3.05) is 5.75 Å². The number of amides is 1. The summed E-state index contributed by atoms with van der Waals surface area (Å²) in [6, 6.07) is 5.53. The molecule has 8 nitrogen and oxygen atoms in total. The van der Waals surface area contributed by atoms with E-state index in [4.69, 9.17) is 5.73 Å². The lowest BCUT2D eigenvalue weighted by atomic mass is 10.0. The molecule has 0 spiro atoms. The van der Waals surface area contributed by atoms with E-state index in [2.05, 4.69) is 27.2 Å². The number of nitrogens with zero attached hydrogens (tertiary/aromatic N) is 5. The summed E-state index contributed by atoms with van der Waals surface area (Å²) >= 11 is 1.18. The molecule has 0 aliphatic heterocycles. The van der Waals surface area contributed by atoms with Gasteiger partial charge in [-0.05, 0) is 25.0 Å². The lowest BCUT2D eigenvalue weighted by Crippen LogP contribution is -2.14. The van der Waals surface area contributed by atoms with Crippen molar-refractivity contribution >= 4 is 28.0 Å². The minimum Gasteiger partial charge on any atom is -0.364 e. The van der Waals surface area contributed by atoms with Gasteiger partial charge in [-0.2, -0.15) is 5.10 Å². The van der Waals surface area contributed by atoms with E-state index in [1.165, 1.54) is 11.3 Å². The number of hydrogen-bond donors (Lipinski definition) is 1. The molecule has 3 aromatic rings. The molecule has 10 heteroatoms. The smallest absolute Gasteiger partial charge is 0.269 e. The van der Waals surface area contributed by atoms with Gasteiger partial charge in [-0.3, -0.25) is 14.0 Å². The van der Waals surface area contributed by atoms with Crippen molar-refractivity contribution in [1.82, 2.24) is 25.0 Å². The molecule has 3 heterocycles. The lowest BCUT2D eigenvalue weighted by Gasteiger charge is -2.06. The number of carbonyl (C=O) groups is 1. The summed E-state index contributed by atoms with van der Waals surface area (Å²) in [6.45, 7) is 3.89. The zero-order chi connectivity index (χ0) is 19.4. The highest BCUT2D eigenvalue weighted by molar-refractivity contribution is 7.87. The van der Waals surface area contributed by atoms with Crippen LogP contribution in [0.15, 0.2) is 28.7 Å². The molecule has 0 fully saturated rings. The molecule has 0 aromatic carbocycles. The highest BCUT2D eigenvalue weighted by Gasteiger charge is 2.25. The molecule has 0 saturated heterocycles. The second-order valence-corrected chi connectivity index (χ2v) is 8.62. The molecule has 1 atom stereocenters. The highest BCUT2D eigenvalue weighted by atomic mass is 32.2. The summed E-state index contributed by atoms with van der Waals surface area (Å²) in [4.78, 5) is 16.4. The third-order valence-electron chi connectivity index (χ3n) is 3.94. The Bertz CT molecular complexity index is 967. The van der Waals surface area contributed by atoms with E-state index >= 15 is 0 Å². The van der Waals surface area contributed by atoms with E-state index in [0.717, 1.165) is 18.4 Å². The third kappa shape index (κ3) is 3.96. The van der Waals surface area contributed by atoms with E-state index in [1.807, 2.05) is 25.1 Å². The normalized spacial score (nSPS) is 12.2. The molecule has 1 amide bonds. The Balaban J connectivity index is 2.22. The number of unbranched alkanes of at least 4 members (excludes halogenated alkanes) is 1. The SMILES string of the molecule is CCCCc1c(C(N)=O)nn(-c2nnc(S(=O)CC)s2)c1-c1ccccn1. The molecule has 142 valence electrons. The van der Waals surface area contributed by atoms with E-state index in [-0.39, 0.29) is 5.69 Å². The maximum Gasteiger partial charge on any atom is 0.269 e. The van der Waals surface area contributed by atoms with Gasteiger partial charge in [0.25, 0.3) is 5.91 Å². The summed E-state index contributed by atoms with van der Waals surface area (Å²) in [5.74, 6) is -0.145. The summed E-state index contributed by atoms with van der Waals surface area (Å²) in [5.41, 5.74) is 7.87. The quantitative estimate of drug-likeness (QED) is 0.616. The van der Waals surface area contributed by atoms with Crippen LogP contribution < -0.4 is 5.73 Å². The number of carbonyl (C=O) groups excluding carboxylic acids is 1. The molecule has 0 radical (unpaired) electrons. The first kappa shape index (κ1) is 19.3. The first-order chi connectivity index (χ1) is 13.1. The van der Waals surface area contributed by atoms with Crippen molar-refractivity contribution in [3.05, 3.63) is 35.7 Å². The van der Waals surface area contributed by atoms with Crippen molar-refractivity contribution < 1.29 is 9.00 Å². The average molecular weight is 405 g/mol. The van der Waals surface area contributed by atoms with Gasteiger partial charge in [0.15, 0.2) is 5.69 Å². The number of primary amides is 1. The standard InChI is InChI=1S/C17H20N6O2S2/c1-3-5-8-11-13(15(18)24)22-23(14(11)12-9-6-7-10-19-12)16-20-21-17(26-16)27(25)4-2/h6-7,9-10H,3-5,8H2,1-2H3,(H2,18,24). The molecule has 27 heavy (non-hydrogen) atoms. The van der Waals surface area contributed by atoms with Crippen LogP contribution in [0.3, 0.4) is 0 Å². The van der Waals surface area contributed by atoms with Crippen molar-refractivity contribution in [3.8, 4) is 16.5 Å². The molecule has 0 aliphatic carbocycles. The number of hydrogen-bond acceptors (Lipinski definition) is 7.